The summed E-state index contributed by atoms with van der Waals surface area (Å²) in [6.45, 7) is 2.06. The van der Waals surface area contributed by atoms with Crippen molar-refractivity contribution in [1.29, 1.82) is 0 Å². The quantitative estimate of drug-likeness (QED) is 0.737. The molecule has 3 rings (SSSR count). The first-order valence-electron chi connectivity index (χ1n) is 5.82. The van der Waals surface area contributed by atoms with Crippen LogP contribution in [0.25, 0.3) is 21.7 Å². The van der Waals surface area contributed by atoms with Crippen molar-refractivity contribution in [2.45, 2.75) is 6.92 Å². The minimum atomic E-state index is 0.503. The second kappa shape index (κ2) is 4.72. The zero-order chi connectivity index (χ0) is 13.4. The highest BCUT2D eigenvalue weighted by atomic mass is 35.5. The third-order valence-electron chi connectivity index (χ3n) is 2.95. The number of aromatic amines is 1. The van der Waals surface area contributed by atoms with Crippen LogP contribution >= 0.6 is 22.9 Å². The van der Waals surface area contributed by atoms with Crippen molar-refractivity contribution in [2.24, 2.45) is 0 Å². The Hall–Kier alpha value is -1.78. The summed E-state index contributed by atoms with van der Waals surface area (Å²) < 4.78 is 0.748. The zero-order valence-corrected chi connectivity index (χ0v) is 11.8. The third-order valence-corrected chi connectivity index (χ3v) is 4.20. The SMILES string of the molecule is Cc1ccc(-c2c(N)n[nH]c2-c2ccc(Cl)s2)cc1. The number of nitrogens with zero attached hydrogens (tertiary/aromatic N) is 1. The molecule has 0 bridgehead atoms. The Balaban J connectivity index is 2.16. The molecular weight excluding hydrogens is 278 g/mol. The Kier molecular flexibility index (Phi) is 3.05. The number of anilines is 1. The van der Waals surface area contributed by atoms with Crippen LogP contribution in [0.1, 0.15) is 5.56 Å². The predicted molar refractivity (Wildman–Crippen MR) is 81.5 cm³/mol. The van der Waals surface area contributed by atoms with E-state index in [1.807, 2.05) is 12.1 Å². The summed E-state index contributed by atoms with van der Waals surface area (Å²) in [5.74, 6) is 0.503. The molecule has 0 unspecified atom stereocenters. The van der Waals surface area contributed by atoms with E-state index in [0.29, 0.717) is 5.82 Å². The Morgan fingerprint density at radius 3 is 2.53 bits per heavy atom. The van der Waals surface area contributed by atoms with Gasteiger partial charge in [-0.3, -0.25) is 5.10 Å². The van der Waals surface area contributed by atoms with Crippen molar-refractivity contribution in [3.63, 3.8) is 0 Å². The third kappa shape index (κ3) is 2.25. The van der Waals surface area contributed by atoms with Crippen LogP contribution in [-0.4, -0.2) is 10.2 Å². The second-order valence-corrected chi connectivity index (χ2v) is 6.04. The fourth-order valence-electron chi connectivity index (χ4n) is 2.00. The average Bonchev–Trinajstić information content (AvgIpc) is 2.97. The van der Waals surface area contributed by atoms with E-state index in [1.54, 1.807) is 0 Å². The van der Waals surface area contributed by atoms with E-state index in [-0.39, 0.29) is 0 Å². The predicted octanol–water partition coefficient (Wildman–Crippen LogP) is 4.35. The molecule has 1 aromatic carbocycles. The Bertz CT molecular complexity index is 713. The van der Waals surface area contributed by atoms with Crippen LogP contribution in [0.2, 0.25) is 4.34 Å². The molecule has 19 heavy (non-hydrogen) atoms. The molecule has 3 nitrogen and oxygen atoms in total. The number of hydrogen-bond donors (Lipinski definition) is 2. The Morgan fingerprint density at radius 2 is 1.89 bits per heavy atom. The fraction of sp³-hybridized carbons (Fsp3) is 0.0714. The highest BCUT2D eigenvalue weighted by Gasteiger charge is 2.15. The number of rotatable bonds is 2. The Labute approximate surface area is 120 Å². The number of thiophene rings is 1. The van der Waals surface area contributed by atoms with Crippen molar-refractivity contribution in [2.75, 3.05) is 5.73 Å². The summed E-state index contributed by atoms with van der Waals surface area (Å²) >= 11 is 7.49. The van der Waals surface area contributed by atoms with Crippen LogP contribution in [0.15, 0.2) is 36.4 Å². The largest absolute Gasteiger partial charge is 0.382 e. The smallest absolute Gasteiger partial charge is 0.153 e. The van der Waals surface area contributed by atoms with Crippen LogP contribution in [0.5, 0.6) is 0 Å². The summed E-state index contributed by atoms with van der Waals surface area (Å²) in [7, 11) is 0. The summed E-state index contributed by atoms with van der Waals surface area (Å²) in [5.41, 5.74) is 10.1. The molecule has 0 saturated carbocycles. The first kappa shape index (κ1) is 12.3. The molecule has 0 atom stereocenters. The van der Waals surface area contributed by atoms with E-state index in [1.165, 1.54) is 16.9 Å². The van der Waals surface area contributed by atoms with Gasteiger partial charge in [0.25, 0.3) is 0 Å². The van der Waals surface area contributed by atoms with Gasteiger partial charge in [-0.05, 0) is 24.6 Å². The highest BCUT2D eigenvalue weighted by Crippen LogP contribution is 2.38. The summed E-state index contributed by atoms with van der Waals surface area (Å²) in [4.78, 5) is 1.03. The first-order chi connectivity index (χ1) is 9.15. The minimum absolute atomic E-state index is 0.503. The normalized spacial score (nSPS) is 10.8. The molecule has 3 N–H and O–H groups in total. The monoisotopic (exact) mass is 289 g/mol. The molecule has 0 amide bonds. The topological polar surface area (TPSA) is 54.7 Å². The Morgan fingerprint density at radius 1 is 1.16 bits per heavy atom. The number of aryl methyl sites for hydroxylation is 1. The van der Waals surface area contributed by atoms with Gasteiger partial charge in [0.05, 0.1) is 20.5 Å². The molecule has 3 aromatic rings. The molecule has 0 saturated heterocycles. The van der Waals surface area contributed by atoms with E-state index < -0.39 is 0 Å². The molecule has 2 aromatic heterocycles. The molecule has 0 aliphatic carbocycles. The van der Waals surface area contributed by atoms with Gasteiger partial charge < -0.3 is 5.73 Å². The molecule has 2 heterocycles. The summed E-state index contributed by atoms with van der Waals surface area (Å²) in [5, 5.41) is 7.11. The molecule has 0 aliphatic rings. The lowest BCUT2D eigenvalue weighted by atomic mass is 10.0. The van der Waals surface area contributed by atoms with Gasteiger partial charge in [0.2, 0.25) is 0 Å². The molecule has 0 radical (unpaired) electrons. The zero-order valence-electron chi connectivity index (χ0n) is 10.3. The minimum Gasteiger partial charge on any atom is -0.382 e. The lowest BCUT2D eigenvalue weighted by Gasteiger charge is -2.03. The van der Waals surface area contributed by atoms with Crippen molar-refractivity contribution in [3.05, 3.63) is 46.3 Å². The van der Waals surface area contributed by atoms with E-state index in [0.717, 1.165) is 26.0 Å². The number of aromatic nitrogens is 2. The van der Waals surface area contributed by atoms with Crippen molar-refractivity contribution >= 4 is 28.8 Å². The molecular formula is C14H12ClN3S. The van der Waals surface area contributed by atoms with Crippen LogP contribution in [-0.2, 0) is 0 Å². The van der Waals surface area contributed by atoms with Crippen LogP contribution < -0.4 is 5.73 Å². The van der Waals surface area contributed by atoms with Gasteiger partial charge in [0.15, 0.2) is 5.82 Å². The van der Waals surface area contributed by atoms with E-state index >= 15 is 0 Å². The first-order valence-corrected chi connectivity index (χ1v) is 7.01. The van der Waals surface area contributed by atoms with Gasteiger partial charge >= 0.3 is 0 Å². The second-order valence-electron chi connectivity index (χ2n) is 4.33. The standard InChI is InChI=1S/C14H12ClN3S/c1-8-2-4-9(5-3-8)12-13(17-18-14(12)16)10-6-7-11(15)19-10/h2-7H,1H3,(H3,16,17,18). The van der Waals surface area contributed by atoms with E-state index in [4.69, 9.17) is 17.3 Å². The summed E-state index contributed by atoms with van der Waals surface area (Å²) in [6, 6.07) is 12.1. The van der Waals surface area contributed by atoms with E-state index in [9.17, 15) is 0 Å². The maximum Gasteiger partial charge on any atom is 0.153 e. The number of benzene rings is 1. The van der Waals surface area contributed by atoms with Gasteiger partial charge in [0.1, 0.15) is 0 Å². The number of halogens is 1. The average molecular weight is 290 g/mol. The van der Waals surface area contributed by atoms with Crippen LogP contribution in [0.4, 0.5) is 5.82 Å². The van der Waals surface area contributed by atoms with Crippen molar-refractivity contribution in [1.82, 2.24) is 10.2 Å². The van der Waals surface area contributed by atoms with Gasteiger partial charge in [-0.1, -0.05) is 41.4 Å². The number of nitrogens with one attached hydrogen (secondary N) is 1. The fourth-order valence-corrected chi connectivity index (χ4v) is 3.04. The van der Waals surface area contributed by atoms with Gasteiger partial charge in [-0.15, -0.1) is 11.3 Å². The van der Waals surface area contributed by atoms with Crippen molar-refractivity contribution in [3.8, 4) is 21.7 Å². The lowest BCUT2D eigenvalue weighted by Crippen LogP contribution is -1.88. The van der Waals surface area contributed by atoms with E-state index in [2.05, 4.69) is 41.4 Å². The number of hydrogen-bond acceptors (Lipinski definition) is 3. The molecule has 5 heteroatoms. The van der Waals surface area contributed by atoms with Crippen LogP contribution in [0.3, 0.4) is 0 Å². The van der Waals surface area contributed by atoms with Gasteiger partial charge in [-0.2, -0.15) is 5.10 Å². The number of nitrogens with two attached hydrogens (primary N) is 1. The maximum absolute atomic E-state index is 5.99. The molecule has 0 aliphatic heterocycles. The molecule has 96 valence electrons. The molecule has 0 spiro atoms. The number of H-pyrrole nitrogens is 1. The highest BCUT2D eigenvalue weighted by molar-refractivity contribution is 7.19. The summed E-state index contributed by atoms with van der Waals surface area (Å²) in [6.07, 6.45) is 0. The van der Waals surface area contributed by atoms with Crippen molar-refractivity contribution < 1.29 is 0 Å². The van der Waals surface area contributed by atoms with Gasteiger partial charge in [0, 0.05) is 0 Å². The van der Waals surface area contributed by atoms with Crippen LogP contribution in [0, 0.1) is 6.92 Å². The molecule has 0 fully saturated rings. The number of nitrogen functional groups attached to an aromatic ring is 1. The lowest BCUT2D eigenvalue weighted by molar-refractivity contribution is 1.11. The van der Waals surface area contributed by atoms with Gasteiger partial charge in [-0.25, -0.2) is 0 Å². The maximum atomic E-state index is 5.99.